The van der Waals surface area contributed by atoms with Crippen molar-refractivity contribution in [1.82, 2.24) is 0 Å². The molecule has 20 heavy (non-hydrogen) atoms. The average Bonchev–Trinajstić information content (AvgIpc) is 2.47. The predicted molar refractivity (Wildman–Crippen MR) is 79.9 cm³/mol. The monoisotopic (exact) mass is 268 g/mol. The fourth-order valence-electron chi connectivity index (χ4n) is 2.93. The molecular formula is C18H20O2. The number of aliphatic hydroxyl groups is 1. The van der Waals surface area contributed by atoms with E-state index in [-0.39, 0.29) is 6.10 Å². The molecule has 0 saturated carbocycles. The van der Waals surface area contributed by atoms with E-state index in [1.807, 2.05) is 31.2 Å². The van der Waals surface area contributed by atoms with Crippen molar-refractivity contribution in [1.29, 1.82) is 0 Å². The van der Waals surface area contributed by atoms with E-state index in [9.17, 15) is 5.11 Å². The zero-order chi connectivity index (χ0) is 14.1. The molecule has 2 nitrogen and oxygen atoms in total. The van der Waals surface area contributed by atoms with Crippen molar-refractivity contribution in [2.45, 2.75) is 38.9 Å². The summed E-state index contributed by atoms with van der Waals surface area (Å²) in [4.78, 5) is 0. The fraction of sp³-hybridized carbons (Fsp3) is 0.333. The smallest absolute Gasteiger partial charge is 0.127 e. The highest BCUT2D eigenvalue weighted by Crippen LogP contribution is 2.41. The number of fused-ring (bicyclic) bond motifs is 1. The molecule has 0 aromatic heterocycles. The molecule has 1 aliphatic rings. The van der Waals surface area contributed by atoms with Crippen LogP contribution in [0.5, 0.6) is 5.75 Å². The second-order valence-corrected chi connectivity index (χ2v) is 5.45. The first-order valence-electron chi connectivity index (χ1n) is 7.22. The summed E-state index contributed by atoms with van der Waals surface area (Å²) in [6, 6.07) is 14.3. The van der Waals surface area contributed by atoms with Crippen LogP contribution in [0, 0.1) is 6.92 Å². The van der Waals surface area contributed by atoms with Crippen LogP contribution < -0.4 is 4.74 Å². The van der Waals surface area contributed by atoms with Gasteiger partial charge in [-0.2, -0.15) is 0 Å². The normalized spacial score (nSPS) is 21.1. The highest BCUT2D eigenvalue weighted by atomic mass is 16.5. The molecule has 104 valence electrons. The molecule has 2 aromatic carbocycles. The number of aryl methyl sites for hydroxylation is 2. The van der Waals surface area contributed by atoms with Gasteiger partial charge in [0.1, 0.15) is 11.9 Å². The standard InChI is InChI=1S/C18H20O2/c1-3-13-6-4-5-7-14(13)18-11-16(19)15-10-12(2)8-9-17(15)20-18/h4-10,16,18-19H,3,11H2,1-2H3. The number of hydrogen-bond acceptors (Lipinski definition) is 2. The van der Waals surface area contributed by atoms with Gasteiger partial charge in [-0.15, -0.1) is 0 Å². The summed E-state index contributed by atoms with van der Waals surface area (Å²) in [5, 5.41) is 10.4. The molecule has 0 bridgehead atoms. The Kier molecular flexibility index (Phi) is 3.49. The van der Waals surface area contributed by atoms with Crippen LogP contribution in [0.4, 0.5) is 0 Å². The molecule has 0 fully saturated rings. The van der Waals surface area contributed by atoms with Crippen LogP contribution in [0.3, 0.4) is 0 Å². The van der Waals surface area contributed by atoms with Crippen LogP contribution >= 0.6 is 0 Å². The van der Waals surface area contributed by atoms with Crippen LogP contribution in [0.2, 0.25) is 0 Å². The van der Waals surface area contributed by atoms with Crippen LogP contribution in [-0.2, 0) is 6.42 Å². The molecule has 2 aromatic rings. The number of ether oxygens (including phenoxy) is 1. The Balaban J connectivity index is 1.97. The lowest BCUT2D eigenvalue weighted by Crippen LogP contribution is -2.20. The molecule has 2 atom stereocenters. The Morgan fingerprint density at radius 2 is 1.95 bits per heavy atom. The van der Waals surface area contributed by atoms with E-state index < -0.39 is 6.10 Å². The summed E-state index contributed by atoms with van der Waals surface area (Å²) in [6.07, 6.45) is 1.09. The van der Waals surface area contributed by atoms with Gasteiger partial charge in [0.15, 0.2) is 0 Å². The van der Waals surface area contributed by atoms with Gasteiger partial charge < -0.3 is 9.84 Å². The zero-order valence-electron chi connectivity index (χ0n) is 12.0. The van der Waals surface area contributed by atoms with Crippen molar-refractivity contribution in [2.24, 2.45) is 0 Å². The Labute approximate surface area is 120 Å². The van der Waals surface area contributed by atoms with Crippen LogP contribution in [0.25, 0.3) is 0 Å². The third-order valence-corrected chi connectivity index (χ3v) is 4.01. The SMILES string of the molecule is CCc1ccccc1C1CC(O)c2cc(C)ccc2O1. The molecule has 1 N–H and O–H groups in total. The van der Waals surface area contributed by atoms with Gasteiger partial charge in [-0.1, -0.05) is 42.8 Å². The molecule has 3 rings (SSSR count). The lowest BCUT2D eigenvalue weighted by atomic mass is 9.91. The molecule has 0 amide bonds. The molecule has 0 radical (unpaired) electrons. The second-order valence-electron chi connectivity index (χ2n) is 5.45. The van der Waals surface area contributed by atoms with Gasteiger partial charge in [-0.25, -0.2) is 0 Å². The van der Waals surface area contributed by atoms with Gasteiger partial charge in [0.25, 0.3) is 0 Å². The summed E-state index contributed by atoms with van der Waals surface area (Å²) in [5.41, 5.74) is 4.55. The maximum absolute atomic E-state index is 10.4. The quantitative estimate of drug-likeness (QED) is 0.888. The molecular weight excluding hydrogens is 248 g/mol. The summed E-state index contributed by atoms with van der Waals surface area (Å²) in [7, 11) is 0. The van der Waals surface area contributed by atoms with Gasteiger partial charge in [-0.05, 0) is 36.6 Å². The topological polar surface area (TPSA) is 29.5 Å². The van der Waals surface area contributed by atoms with Gasteiger partial charge in [0.05, 0.1) is 6.10 Å². The minimum Gasteiger partial charge on any atom is -0.485 e. The minimum absolute atomic E-state index is 0.0589. The van der Waals surface area contributed by atoms with Crippen molar-refractivity contribution in [3.05, 3.63) is 64.7 Å². The molecule has 2 heteroatoms. The Hall–Kier alpha value is -1.80. The lowest BCUT2D eigenvalue weighted by Gasteiger charge is -2.31. The van der Waals surface area contributed by atoms with E-state index in [0.717, 1.165) is 23.3 Å². The molecule has 0 saturated heterocycles. The molecule has 1 heterocycles. The third kappa shape index (κ3) is 2.32. The van der Waals surface area contributed by atoms with Gasteiger partial charge in [-0.3, -0.25) is 0 Å². The highest BCUT2D eigenvalue weighted by molar-refractivity contribution is 5.42. The Bertz CT molecular complexity index is 619. The third-order valence-electron chi connectivity index (χ3n) is 4.01. The maximum atomic E-state index is 10.4. The summed E-state index contributed by atoms with van der Waals surface area (Å²) in [5.74, 6) is 0.810. The lowest BCUT2D eigenvalue weighted by molar-refractivity contribution is 0.0653. The van der Waals surface area contributed by atoms with E-state index in [1.165, 1.54) is 11.1 Å². The average molecular weight is 268 g/mol. The first-order chi connectivity index (χ1) is 9.69. The summed E-state index contributed by atoms with van der Waals surface area (Å²) >= 11 is 0. The van der Waals surface area contributed by atoms with Crippen molar-refractivity contribution < 1.29 is 9.84 Å². The molecule has 0 spiro atoms. The van der Waals surface area contributed by atoms with Crippen molar-refractivity contribution in [3.63, 3.8) is 0 Å². The maximum Gasteiger partial charge on any atom is 0.127 e. The van der Waals surface area contributed by atoms with Crippen LogP contribution in [0.1, 0.15) is 47.8 Å². The highest BCUT2D eigenvalue weighted by Gasteiger charge is 2.28. The fourth-order valence-corrected chi connectivity index (χ4v) is 2.93. The zero-order valence-corrected chi connectivity index (χ0v) is 12.0. The number of aliphatic hydroxyl groups excluding tert-OH is 1. The second kappa shape index (κ2) is 5.29. The summed E-state index contributed by atoms with van der Waals surface area (Å²) < 4.78 is 6.13. The van der Waals surface area contributed by atoms with Gasteiger partial charge >= 0.3 is 0 Å². The first kappa shape index (κ1) is 13.2. The van der Waals surface area contributed by atoms with E-state index in [0.29, 0.717) is 6.42 Å². The van der Waals surface area contributed by atoms with Crippen molar-refractivity contribution in [3.8, 4) is 5.75 Å². The molecule has 0 aliphatic carbocycles. The molecule has 1 aliphatic heterocycles. The van der Waals surface area contributed by atoms with E-state index >= 15 is 0 Å². The largest absolute Gasteiger partial charge is 0.485 e. The van der Waals surface area contributed by atoms with Crippen LogP contribution in [0.15, 0.2) is 42.5 Å². The van der Waals surface area contributed by atoms with E-state index in [1.54, 1.807) is 0 Å². The van der Waals surface area contributed by atoms with Gasteiger partial charge in [0, 0.05) is 12.0 Å². The van der Waals surface area contributed by atoms with Crippen molar-refractivity contribution >= 4 is 0 Å². The predicted octanol–water partition coefficient (Wildman–Crippen LogP) is 4.11. The molecule has 2 unspecified atom stereocenters. The Morgan fingerprint density at radius 1 is 1.15 bits per heavy atom. The number of hydrogen-bond donors (Lipinski definition) is 1. The number of benzene rings is 2. The van der Waals surface area contributed by atoms with E-state index in [2.05, 4.69) is 25.1 Å². The van der Waals surface area contributed by atoms with Crippen molar-refractivity contribution in [2.75, 3.05) is 0 Å². The minimum atomic E-state index is -0.450. The number of rotatable bonds is 2. The Morgan fingerprint density at radius 3 is 2.75 bits per heavy atom. The summed E-state index contributed by atoms with van der Waals surface area (Å²) in [6.45, 7) is 4.18. The van der Waals surface area contributed by atoms with E-state index in [4.69, 9.17) is 4.74 Å². The van der Waals surface area contributed by atoms with Crippen LogP contribution in [-0.4, -0.2) is 5.11 Å². The first-order valence-corrected chi connectivity index (χ1v) is 7.22. The van der Waals surface area contributed by atoms with Gasteiger partial charge in [0.2, 0.25) is 0 Å².